The zero-order chi connectivity index (χ0) is 19.5. The van der Waals surface area contributed by atoms with E-state index in [1.807, 2.05) is 60.7 Å². The Morgan fingerprint density at radius 2 is 1.56 bits per heavy atom. The summed E-state index contributed by atoms with van der Waals surface area (Å²) in [5.41, 5.74) is 2.07. The van der Waals surface area contributed by atoms with Crippen LogP contribution in [0.5, 0.6) is 0 Å². The molecule has 0 unspecified atom stereocenters. The summed E-state index contributed by atoms with van der Waals surface area (Å²) in [6.45, 7) is 0.540. The first kappa shape index (κ1) is 20.5. The Hall–Kier alpha value is -2.86. The summed E-state index contributed by atoms with van der Waals surface area (Å²) in [4.78, 5) is 26.5. The molecule has 0 aromatic heterocycles. The number of carbonyl (C=O) groups is 2. The number of rotatable bonds is 9. The molecule has 144 valence electrons. The van der Waals surface area contributed by atoms with Crippen LogP contribution in [0, 0.1) is 0 Å². The zero-order valence-corrected chi connectivity index (χ0v) is 15.6. The van der Waals surface area contributed by atoms with E-state index in [9.17, 15) is 14.7 Å². The average Bonchev–Trinajstić information content (AvgIpc) is 2.71. The van der Waals surface area contributed by atoms with E-state index in [4.69, 9.17) is 0 Å². The first-order valence-electron chi connectivity index (χ1n) is 9.09. The van der Waals surface area contributed by atoms with E-state index in [0.717, 1.165) is 11.1 Å². The maximum Gasteiger partial charge on any atom is 0.318 e. The van der Waals surface area contributed by atoms with Crippen molar-refractivity contribution in [2.45, 2.75) is 18.9 Å². The summed E-state index contributed by atoms with van der Waals surface area (Å²) in [5.74, 6) is -0.251. The molecule has 27 heavy (non-hydrogen) atoms. The predicted molar refractivity (Wildman–Crippen MR) is 105 cm³/mol. The molecule has 0 spiro atoms. The smallest absolute Gasteiger partial charge is 0.318 e. The van der Waals surface area contributed by atoms with E-state index in [0.29, 0.717) is 19.4 Å². The lowest BCUT2D eigenvalue weighted by Gasteiger charge is -2.25. The third-order valence-electron chi connectivity index (χ3n) is 4.31. The van der Waals surface area contributed by atoms with E-state index in [-0.39, 0.29) is 25.1 Å². The van der Waals surface area contributed by atoms with Crippen LogP contribution in [-0.2, 0) is 17.6 Å². The van der Waals surface area contributed by atoms with Gasteiger partial charge in [0.25, 0.3) is 0 Å². The standard InChI is InChI=1S/C21H27N3O3/c1-22-20(26)19(16-18-10-6-3-7-11-18)23-21(27)24(14-15-25)13-12-17-8-4-2-5-9-17/h2-11,19,25H,12-16H2,1H3,(H,22,26)(H,23,27)/t19-/m0/s1. The molecular weight excluding hydrogens is 342 g/mol. The molecule has 0 aliphatic carbocycles. The highest BCUT2D eigenvalue weighted by molar-refractivity contribution is 5.87. The highest BCUT2D eigenvalue weighted by Crippen LogP contribution is 2.06. The topological polar surface area (TPSA) is 81.7 Å². The van der Waals surface area contributed by atoms with Crippen LogP contribution >= 0.6 is 0 Å². The van der Waals surface area contributed by atoms with Gasteiger partial charge in [-0.25, -0.2) is 4.79 Å². The summed E-state index contributed by atoms with van der Waals surface area (Å²) in [6, 6.07) is 18.4. The summed E-state index contributed by atoms with van der Waals surface area (Å²) in [6.07, 6.45) is 1.08. The van der Waals surface area contributed by atoms with Crippen LogP contribution in [0.2, 0.25) is 0 Å². The molecule has 0 fully saturated rings. The normalized spacial score (nSPS) is 11.5. The van der Waals surface area contributed by atoms with Crippen molar-refractivity contribution in [2.24, 2.45) is 0 Å². The van der Waals surface area contributed by atoms with Crippen LogP contribution in [0.3, 0.4) is 0 Å². The number of carbonyl (C=O) groups excluding carboxylic acids is 2. The van der Waals surface area contributed by atoms with Crippen molar-refractivity contribution in [3.8, 4) is 0 Å². The van der Waals surface area contributed by atoms with Gasteiger partial charge in [0, 0.05) is 26.6 Å². The van der Waals surface area contributed by atoms with Crippen LogP contribution in [0.15, 0.2) is 60.7 Å². The molecular formula is C21H27N3O3. The number of benzene rings is 2. The lowest BCUT2D eigenvalue weighted by molar-refractivity contribution is -0.122. The van der Waals surface area contributed by atoms with Gasteiger partial charge in [0.2, 0.25) is 5.91 Å². The molecule has 0 saturated carbocycles. The van der Waals surface area contributed by atoms with Gasteiger partial charge in [-0.15, -0.1) is 0 Å². The largest absolute Gasteiger partial charge is 0.395 e. The van der Waals surface area contributed by atoms with E-state index < -0.39 is 6.04 Å². The molecule has 0 heterocycles. The van der Waals surface area contributed by atoms with Crippen LogP contribution < -0.4 is 10.6 Å². The SMILES string of the molecule is CNC(=O)[C@H](Cc1ccccc1)NC(=O)N(CCO)CCc1ccccc1. The van der Waals surface area contributed by atoms with Crippen LogP contribution in [0.25, 0.3) is 0 Å². The minimum Gasteiger partial charge on any atom is -0.395 e. The summed E-state index contributed by atoms with van der Waals surface area (Å²) >= 11 is 0. The number of nitrogens with one attached hydrogen (secondary N) is 2. The lowest BCUT2D eigenvalue weighted by atomic mass is 10.1. The van der Waals surface area contributed by atoms with Crippen molar-refractivity contribution in [3.63, 3.8) is 0 Å². The molecule has 0 aliphatic heterocycles. The summed E-state index contributed by atoms with van der Waals surface area (Å²) in [7, 11) is 1.55. The molecule has 0 aliphatic rings. The number of amides is 3. The quantitative estimate of drug-likeness (QED) is 0.628. The van der Waals surface area contributed by atoms with Crippen molar-refractivity contribution in [1.82, 2.24) is 15.5 Å². The molecule has 0 radical (unpaired) electrons. The Balaban J connectivity index is 2.01. The van der Waals surface area contributed by atoms with Gasteiger partial charge in [-0.2, -0.15) is 0 Å². The first-order valence-corrected chi connectivity index (χ1v) is 9.09. The van der Waals surface area contributed by atoms with Crippen LogP contribution in [0.4, 0.5) is 4.79 Å². The van der Waals surface area contributed by atoms with Crippen molar-refractivity contribution in [3.05, 3.63) is 71.8 Å². The van der Waals surface area contributed by atoms with Gasteiger partial charge in [0.15, 0.2) is 0 Å². The fourth-order valence-corrected chi connectivity index (χ4v) is 2.82. The number of hydrogen-bond donors (Lipinski definition) is 3. The van der Waals surface area contributed by atoms with E-state index in [1.54, 1.807) is 7.05 Å². The molecule has 3 N–H and O–H groups in total. The Labute approximate surface area is 160 Å². The number of urea groups is 1. The fraction of sp³-hybridized carbons (Fsp3) is 0.333. The van der Waals surface area contributed by atoms with Gasteiger partial charge >= 0.3 is 6.03 Å². The lowest BCUT2D eigenvalue weighted by Crippen LogP contribution is -2.52. The number of aliphatic hydroxyl groups excluding tert-OH is 1. The van der Waals surface area contributed by atoms with Gasteiger partial charge in [0.05, 0.1) is 6.61 Å². The first-order chi connectivity index (χ1) is 13.1. The van der Waals surface area contributed by atoms with Crippen LogP contribution in [0.1, 0.15) is 11.1 Å². The minimum atomic E-state index is -0.678. The van der Waals surface area contributed by atoms with E-state index >= 15 is 0 Å². The molecule has 0 bridgehead atoms. The molecule has 6 heteroatoms. The summed E-state index contributed by atoms with van der Waals surface area (Å²) in [5, 5.41) is 14.7. The summed E-state index contributed by atoms with van der Waals surface area (Å²) < 4.78 is 0. The second-order valence-electron chi connectivity index (χ2n) is 6.25. The van der Waals surface area contributed by atoms with Gasteiger partial charge in [-0.05, 0) is 17.5 Å². The van der Waals surface area contributed by atoms with E-state index in [2.05, 4.69) is 10.6 Å². The van der Waals surface area contributed by atoms with Gasteiger partial charge in [0.1, 0.15) is 6.04 Å². The fourth-order valence-electron chi connectivity index (χ4n) is 2.82. The highest BCUT2D eigenvalue weighted by Gasteiger charge is 2.23. The number of aliphatic hydroxyl groups is 1. The Morgan fingerprint density at radius 1 is 0.963 bits per heavy atom. The highest BCUT2D eigenvalue weighted by atomic mass is 16.3. The Kier molecular flexibility index (Phi) is 8.32. The molecule has 3 amide bonds. The monoisotopic (exact) mass is 369 g/mol. The molecule has 2 aromatic carbocycles. The molecule has 6 nitrogen and oxygen atoms in total. The third kappa shape index (κ3) is 6.75. The van der Waals surface area contributed by atoms with Gasteiger partial charge < -0.3 is 20.6 Å². The van der Waals surface area contributed by atoms with Crippen molar-refractivity contribution >= 4 is 11.9 Å². The number of nitrogens with zero attached hydrogens (tertiary/aromatic N) is 1. The number of likely N-dealkylation sites (N-methyl/N-ethyl adjacent to an activating group) is 1. The second kappa shape index (κ2) is 11.0. The third-order valence-corrected chi connectivity index (χ3v) is 4.31. The van der Waals surface area contributed by atoms with Crippen LogP contribution in [-0.4, -0.2) is 54.7 Å². The Morgan fingerprint density at radius 3 is 2.11 bits per heavy atom. The molecule has 0 saturated heterocycles. The maximum atomic E-state index is 12.7. The minimum absolute atomic E-state index is 0.133. The van der Waals surface area contributed by atoms with E-state index in [1.165, 1.54) is 4.90 Å². The van der Waals surface area contributed by atoms with Gasteiger partial charge in [-0.1, -0.05) is 60.7 Å². The molecule has 2 rings (SSSR count). The van der Waals surface area contributed by atoms with Gasteiger partial charge in [-0.3, -0.25) is 4.79 Å². The Bertz CT molecular complexity index is 707. The average molecular weight is 369 g/mol. The number of hydrogen-bond acceptors (Lipinski definition) is 3. The maximum absolute atomic E-state index is 12.7. The molecule has 2 aromatic rings. The second-order valence-corrected chi connectivity index (χ2v) is 6.25. The predicted octanol–water partition coefficient (Wildman–Crippen LogP) is 1.59. The van der Waals surface area contributed by atoms with Crippen molar-refractivity contribution in [1.29, 1.82) is 0 Å². The van der Waals surface area contributed by atoms with Crippen molar-refractivity contribution in [2.75, 3.05) is 26.7 Å². The van der Waals surface area contributed by atoms with Crippen molar-refractivity contribution < 1.29 is 14.7 Å². The zero-order valence-electron chi connectivity index (χ0n) is 15.6. The molecule has 1 atom stereocenters.